The topological polar surface area (TPSA) is 41.1 Å². The molecule has 94 valence electrons. The zero-order valence-corrected chi connectivity index (χ0v) is 11.1. The molecule has 1 amide bonds. The summed E-state index contributed by atoms with van der Waals surface area (Å²) in [5.74, 6) is 0.680. The van der Waals surface area contributed by atoms with Gasteiger partial charge in [-0.05, 0) is 30.7 Å². The van der Waals surface area contributed by atoms with Crippen LogP contribution in [0.1, 0.15) is 47.0 Å². The van der Waals surface area contributed by atoms with E-state index >= 15 is 0 Å². The summed E-state index contributed by atoms with van der Waals surface area (Å²) in [6, 6.07) is 0.356. The van der Waals surface area contributed by atoms with E-state index in [0.717, 1.165) is 25.9 Å². The number of carbonyl (C=O) groups is 1. The van der Waals surface area contributed by atoms with Crippen LogP contribution in [0.25, 0.3) is 0 Å². The maximum Gasteiger partial charge on any atom is 0.220 e. The number of amides is 1. The van der Waals surface area contributed by atoms with Crippen LogP contribution >= 0.6 is 0 Å². The molecular weight excluding hydrogens is 200 g/mol. The lowest BCUT2D eigenvalue weighted by Gasteiger charge is -2.23. The van der Waals surface area contributed by atoms with E-state index in [1.807, 2.05) is 0 Å². The Morgan fingerprint density at radius 1 is 1.50 bits per heavy atom. The second-order valence-electron chi connectivity index (χ2n) is 6.33. The Bertz CT molecular complexity index is 227. The number of rotatable bonds is 4. The Morgan fingerprint density at radius 2 is 2.19 bits per heavy atom. The van der Waals surface area contributed by atoms with E-state index in [-0.39, 0.29) is 5.91 Å². The first kappa shape index (κ1) is 13.5. The molecule has 1 rings (SSSR count). The second kappa shape index (κ2) is 5.67. The summed E-state index contributed by atoms with van der Waals surface area (Å²) in [4.78, 5) is 11.8. The van der Waals surface area contributed by atoms with Gasteiger partial charge in [0.25, 0.3) is 0 Å². The van der Waals surface area contributed by atoms with E-state index in [0.29, 0.717) is 23.8 Å². The molecule has 0 aliphatic carbocycles. The molecule has 0 bridgehead atoms. The molecule has 2 N–H and O–H groups in total. The van der Waals surface area contributed by atoms with Crippen LogP contribution in [0.15, 0.2) is 0 Å². The Balaban J connectivity index is 2.22. The standard InChI is InChI=1S/C13H26N2O/c1-10(8-13(2,3)4)7-12(16)15-11-5-6-14-9-11/h10-11,14H,5-9H2,1-4H3,(H,15,16)/t10?,11-/m0/s1. The lowest BCUT2D eigenvalue weighted by Crippen LogP contribution is -2.37. The minimum Gasteiger partial charge on any atom is -0.352 e. The molecule has 0 spiro atoms. The van der Waals surface area contributed by atoms with Crippen molar-refractivity contribution in [2.45, 2.75) is 53.0 Å². The summed E-state index contributed by atoms with van der Waals surface area (Å²) in [5.41, 5.74) is 0.314. The Hall–Kier alpha value is -0.570. The molecule has 1 aliphatic heterocycles. The van der Waals surface area contributed by atoms with Crippen LogP contribution in [0.2, 0.25) is 0 Å². The van der Waals surface area contributed by atoms with E-state index in [1.165, 1.54) is 0 Å². The predicted octanol–water partition coefficient (Wildman–Crippen LogP) is 1.93. The van der Waals surface area contributed by atoms with E-state index < -0.39 is 0 Å². The lowest BCUT2D eigenvalue weighted by atomic mass is 9.84. The first-order valence-electron chi connectivity index (χ1n) is 6.37. The Labute approximate surface area is 99.4 Å². The normalized spacial score (nSPS) is 23.1. The van der Waals surface area contributed by atoms with Gasteiger partial charge in [0.15, 0.2) is 0 Å². The van der Waals surface area contributed by atoms with E-state index in [1.54, 1.807) is 0 Å². The van der Waals surface area contributed by atoms with Crippen LogP contribution in [0.3, 0.4) is 0 Å². The molecule has 1 aliphatic rings. The molecule has 0 radical (unpaired) electrons. The fraction of sp³-hybridized carbons (Fsp3) is 0.923. The molecule has 3 heteroatoms. The third-order valence-electron chi connectivity index (χ3n) is 2.92. The fourth-order valence-corrected chi connectivity index (χ4v) is 2.50. The Kier molecular flexibility index (Phi) is 4.78. The molecule has 2 atom stereocenters. The van der Waals surface area contributed by atoms with Crippen molar-refractivity contribution >= 4 is 5.91 Å². The first-order valence-corrected chi connectivity index (χ1v) is 6.37. The maximum atomic E-state index is 11.8. The quantitative estimate of drug-likeness (QED) is 0.769. The van der Waals surface area contributed by atoms with Crippen molar-refractivity contribution in [1.82, 2.24) is 10.6 Å². The second-order valence-corrected chi connectivity index (χ2v) is 6.33. The SMILES string of the molecule is CC(CC(=O)N[C@H]1CCNC1)CC(C)(C)C. The van der Waals surface area contributed by atoms with Crippen molar-refractivity contribution in [3.8, 4) is 0 Å². The average Bonchev–Trinajstić information content (AvgIpc) is 2.51. The van der Waals surface area contributed by atoms with Crippen molar-refractivity contribution < 1.29 is 4.79 Å². The summed E-state index contributed by atoms with van der Waals surface area (Å²) in [6.07, 6.45) is 2.83. The molecule has 1 saturated heterocycles. The molecule has 0 aromatic carbocycles. The van der Waals surface area contributed by atoms with Crippen LogP contribution in [-0.4, -0.2) is 25.0 Å². The van der Waals surface area contributed by atoms with Gasteiger partial charge >= 0.3 is 0 Å². The number of nitrogens with one attached hydrogen (secondary N) is 2. The molecule has 1 heterocycles. The number of carbonyl (C=O) groups excluding carboxylic acids is 1. The highest BCUT2D eigenvalue weighted by atomic mass is 16.1. The summed E-state index contributed by atoms with van der Waals surface area (Å²) in [5, 5.41) is 6.35. The predicted molar refractivity (Wildman–Crippen MR) is 67.3 cm³/mol. The van der Waals surface area contributed by atoms with Gasteiger partial charge in [-0.3, -0.25) is 4.79 Å². The first-order chi connectivity index (χ1) is 7.37. The van der Waals surface area contributed by atoms with Crippen LogP contribution in [0.5, 0.6) is 0 Å². The van der Waals surface area contributed by atoms with Gasteiger partial charge in [-0.25, -0.2) is 0 Å². The van der Waals surface area contributed by atoms with E-state index in [4.69, 9.17) is 0 Å². The third-order valence-corrected chi connectivity index (χ3v) is 2.92. The van der Waals surface area contributed by atoms with Gasteiger partial charge in [0, 0.05) is 19.0 Å². The van der Waals surface area contributed by atoms with Gasteiger partial charge in [-0.1, -0.05) is 27.7 Å². The van der Waals surface area contributed by atoms with Gasteiger partial charge in [-0.15, -0.1) is 0 Å². The minimum absolute atomic E-state index is 0.213. The highest BCUT2D eigenvalue weighted by Gasteiger charge is 2.20. The van der Waals surface area contributed by atoms with Crippen LogP contribution < -0.4 is 10.6 Å². The van der Waals surface area contributed by atoms with Gasteiger partial charge in [0.05, 0.1) is 0 Å². The van der Waals surface area contributed by atoms with E-state index in [9.17, 15) is 4.79 Å². The molecule has 0 aromatic heterocycles. The highest BCUT2D eigenvalue weighted by Crippen LogP contribution is 2.25. The molecule has 3 nitrogen and oxygen atoms in total. The van der Waals surface area contributed by atoms with Crippen molar-refractivity contribution in [3.63, 3.8) is 0 Å². The monoisotopic (exact) mass is 226 g/mol. The lowest BCUT2D eigenvalue weighted by molar-refractivity contribution is -0.122. The average molecular weight is 226 g/mol. The largest absolute Gasteiger partial charge is 0.352 e. The fourth-order valence-electron chi connectivity index (χ4n) is 2.50. The summed E-state index contributed by atoms with van der Waals surface area (Å²) in [6.45, 7) is 10.8. The third kappa shape index (κ3) is 5.50. The van der Waals surface area contributed by atoms with Crippen LogP contribution in [0.4, 0.5) is 0 Å². The zero-order chi connectivity index (χ0) is 12.2. The Morgan fingerprint density at radius 3 is 2.69 bits per heavy atom. The van der Waals surface area contributed by atoms with Crippen molar-refractivity contribution in [3.05, 3.63) is 0 Å². The molecule has 1 unspecified atom stereocenters. The molecule has 16 heavy (non-hydrogen) atoms. The van der Waals surface area contributed by atoms with Crippen molar-refractivity contribution in [2.24, 2.45) is 11.3 Å². The van der Waals surface area contributed by atoms with Gasteiger partial charge < -0.3 is 10.6 Å². The molecule has 1 fully saturated rings. The van der Waals surface area contributed by atoms with Crippen LogP contribution in [0, 0.1) is 11.3 Å². The zero-order valence-electron chi connectivity index (χ0n) is 11.1. The smallest absolute Gasteiger partial charge is 0.220 e. The maximum absolute atomic E-state index is 11.8. The highest BCUT2D eigenvalue weighted by molar-refractivity contribution is 5.76. The van der Waals surface area contributed by atoms with Crippen molar-refractivity contribution in [1.29, 1.82) is 0 Å². The molecule has 0 saturated carbocycles. The van der Waals surface area contributed by atoms with Gasteiger partial charge in [-0.2, -0.15) is 0 Å². The summed E-state index contributed by atoms with van der Waals surface area (Å²) >= 11 is 0. The van der Waals surface area contributed by atoms with Crippen LogP contribution in [-0.2, 0) is 4.79 Å². The molecular formula is C13H26N2O. The van der Waals surface area contributed by atoms with E-state index in [2.05, 4.69) is 38.3 Å². The summed E-state index contributed by atoms with van der Waals surface area (Å²) < 4.78 is 0. The summed E-state index contributed by atoms with van der Waals surface area (Å²) in [7, 11) is 0. The van der Waals surface area contributed by atoms with Gasteiger partial charge in [0.2, 0.25) is 5.91 Å². The number of hydrogen-bond donors (Lipinski definition) is 2. The van der Waals surface area contributed by atoms with Crippen molar-refractivity contribution in [2.75, 3.05) is 13.1 Å². The number of hydrogen-bond acceptors (Lipinski definition) is 2. The minimum atomic E-state index is 0.213. The van der Waals surface area contributed by atoms with Gasteiger partial charge in [0.1, 0.15) is 0 Å². The molecule has 0 aromatic rings.